The largest absolute Gasteiger partial charge is 0.489 e. The number of aliphatic imine (C=N–C) groups is 1. The predicted molar refractivity (Wildman–Crippen MR) is 171 cm³/mol. The van der Waals surface area contributed by atoms with Gasteiger partial charge < -0.3 is 25.8 Å². The number of thiophene rings is 1. The minimum absolute atomic E-state index is 0.00121. The highest BCUT2D eigenvalue weighted by atomic mass is 35.5. The van der Waals surface area contributed by atoms with Crippen LogP contribution in [0.2, 0.25) is 5.02 Å². The molecule has 0 spiro atoms. The van der Waals surface area contributed by atoms with E-state index in [1.807, 2.05) is 19.1 Å². The molecule has 0 radical (unpaired) electrons. The molecule has 2 aromatic carbocycles. The summed E-state index contributed by atoms with van der Waals surface area (Å²) in [4.78, 5) is 15.0. The van der Waals surface area contributed by atoms with Gasteiger partial charge in [0.2, 0.25) is 6.43 Å². The number of dihydropyridines is 1. The first-order valence-electron chi connectivity index (χ1n) is 14.5. The number of nitriles is 1. The summed E-state index contributed by atoms with van der Waals surface area (Å²) in [6, 6.07) is 3.51. The molecule has 0 amide bonds. The number of nitrogens with zero attached hydrogens (tertiary/aromatic N) is 5. The fourth-order valence-electron chi connectivity index (χ4n) is 6.28. The molecular formula is C31H28ClF4N7O2S. The molecule has 240 valence electrons. The van der Waals surface area contributed by atoms with E-state index in [9.17, 15) is 18.4 Å². The molecule has 0 saturated carbocycles. The number of ether oxygens (including phenoxy) is 2. The van der Waals surface area contributed by atoms with E-state index in [4.69, 9.17) is 32.5 Å². The molecule has 4 aromatic rings. The van der Waals surface area contributed by atoms with Gasteiger partial charge in [-0.05, 0) is 37.5 Å². The lowest BCUT2D eigenvalue weighted by Crippen LogP contribution is -2.47. The number of nitrogen functional groups attached to an aromatic ring is 1. The van der Waals surface area contributed by atoms with Gasteiger partial charge in [-0.2, -0.15) is 15.2 Å². The van der Waals surface area contributed by atoms with Gasteiger partial charge in [-0.3, -0.25) is 4.99 Å². The van der Waals surface area contributed by atoms with Gasteiger partial charge in [-0.15, -0.1) is 11.3 Å². The average molecular weight is 674 g/mol. The first-order chi connectivity index (χ1) is 22.1. The highest BCUT2D eigenvalue weighted by Crippen LogP contribution is 2.51. The maximum Gasteiger partial charge on any atom is 0.319 e. The van der Waals surface area contributed by atoms with Crippen molar-refractivity contribution in [1.82, 2.24) is 9.97 Å². The first-order valence-corrected chi connectivity index (χ1v) is 15.7. The smallest absolute Gasteiger partial charge is 0.319 e. The van der Waals surface area contributed by atoms with Gasteiger partial charge >= 0.3 is 6.01 Å². The van der Waals surface area contributed by atoms with Crippen LogP contribution in [0.15, 0.2) is 28.8 Å². The summed E-state index contributed by atoms with van der Waals surface area (Å²) in [5, 5.41) is 9.94. The zero-order chi connectivity index (χ0) is 32.9. The molecule has 46 heavy (non-hydrogen) atoms. The number of nitrogens with two attached hydrogens (primary N) is 2. The molecule has 9 nitrogen and oxygen atoms in total. The number of halogens is 5. The van der Waals surface area contributed by atoms with Crippen LogP contribution in [-0.2, 0) is 0 Å². The third kappa shape index (κ3) is 5.11. The third-order valence-electron chi connectivity index (χ3n) is 8.19. The Hall–Kier alpha value is -4.35. The third-order valence-corrected chi connectivity index (χ3v) is 9.58. The lowest BCUT2D eigenvalue weighted by molar-refractivity contribution is 0.110. The topological polar surface area (TPSA) is 136 Å². The molecule has 1 unspecified atom stereocenters. The summed E-state index contributed by atoms with van der Waals surface area (Å²) in [5.41, 5.74) is 12.4. The van der Waals surface area contributed by atoms with E-state index in [2.05, 4.69) is 15.0 Å². The minimum Gasteiger partial charge on any atom is -0.489 e. The number of amidine groups is 1. The van der Waals surface area contributed by atoms with Crippen molar-refractivity contribution >= 4 is 60.6 Å². The van der Waals surface area contributed by atoms with E-state index in [1.165, 1.54) is 6.07 Å². The molecule has 4 heterocycles. The number of aromatic nitrogens is 2. The molecule has 0 fully saturated rings. The Bertz CT molecular complexity index is 1980. The van der Waals surface area contributed by atoms with E-state index in [-0.39, 0.29) is 90.9 Å². The second-order valence-electron chi connectivity index (χ2n) is 10.7. The van der Waals surface area contributed by atoms with Crippen LogP contribution in [0, 0.1) is 28.9 Å². The van der Waals surface area contributed by atoms with Crippen LogP contribution in [0.1, 0.15) is 32.3 Å². The lowest BCUT2D eigenvalue weighted by Gasteiger charge is -2.37. The van der Waals surface area contributed by atoms with Crippen LogP contribution in [-0.4, -0.2) is 54.6 Å². The van der Waals surface area contributed by atoms with Gasteiger partial charge in [0, 0.05) is 36.4 Å². The van der Waals surface area contributed by atoms with Crippen LogP contribution in [0.3, 0.4) is 0 Å². The van der Waals surface area contributed by atoms with Crippen LogP contribution in [0.25, 0.3) is 32.1 Å². The van der Waals surface area contributed by atoms with Gasteiger partial charge in [0.05, 0.1) is 33.3 Å². The van der Waals surface area contributed by atoms with Crippen molar-refractivity contribution in [2.75, 3.05) is 36.9 Å². The van der Waals surface area contributed by atoms with Crippen LogP contribution < -0.4 is 25.8 Å². The second kappa shape index (κ2) is 12.4. The van der Waals surface area contributed by atoms with Gasteiger partial charge in [-0.25, -0.2) is 17.6 Å². The quantitative estimate of drug-likeness (QED) is 0.194. The Kier molecular flexibility index (Phi) is 8.56. The van der Waals surface area contributed by atoms with E-state index in [1.54, 1.807) is 11.8 Å². The Labute approximate surface area is 270 Å². The number of anilines is 2. The maximum atomic E-state index is 16.9. The van der Waals surface area contributed by atoms with Crippen molar-refractivity contribution in [3.8, 4) is 29.0 Å². The number of hydrogen-bond donors (Lipinski definition) is 2. The van der Waals surface area contributed by atoms with Crippen LogP contribution in [0.4, 0.5) is 28.4 Å². The number of hydrogen-bond acceptors (Lipinski definition) is 10. The molecule has 4 N–H and O–H groups in total. The molecule has 2 aliphatic heterocycles. The van der Waals surface area contributed by atoms with Crippen molar-refractivity contribution in [2.45, 2.75) is 39.2 Å². The number of benzene rings is 2. The van der Waals surface area contributed by atoms with Crippen molar-refractivity contribution in [1.29, 1.82) is 5.26 Å². The van der Waals surface area contributed by atoms with E-state index in [0.29, 0.717) is 18.5 Å². The number of fused-ring (bicyclic) bond motifs is 1. The maximum absolute atomic E-state index is 16.9. The SMILES string of the molecule is CCOc1nc2c3c(c(Cl)c(-c4ccc(F)c5sc(N)c(C#N)c45)c(F)c3n1)OCC([C@H](CC(F)F)C1=CCCN=C1N)N2CC. The zero-order valence-electron chi connectivity index (χ0n) is 24.7. The molecular weight excluding hydrogens is 646 g/mol. The fraction of sp³-hybridized carbons (Fsp3) is 0.355. The molecule has 0 aliphatic carbocycles. The molecule has 2 aliphatic rings. The monoisotopic (exact) mass is 673 g/mol. The van der Waals surface area contributed by atoms with Crippen molar-refractivity contribution in [2.24, 2.45) is 16.6 Å². The molecule has 2 atom stereocenters. The van der Waals surface area contributed by atoms with Gasteiger partial charge in [-0.1, -0.05) is 23.7 Å². The summed E-state index contributed by atoms with van der Waals surface area (Å²) in [6.45, 7) is 4.21. The lowest BCUT2D eigenvalue weighted by atomic mass is 9.85. The highest BCUT2D eigenvalue weighted by molar-refractivity contribution is 7.23. The number of rotatable bonds is 8. The Morgan fingerprint density at radius 2 is 2.00 bits per heavy atom. The standard InChI is InChI=1S/C31H28ClF4N7O2S/c1-3-43-18(15(10-19(34)35)13-6-5-9-40-28(13)38)12-45-26-22-25(41-31(44-4-2)42-30(22)43)24(36)21(23(26)32)14-7-8-17(33)27-20(14)16(11-37)29(39)46-27/h6-8,15,18-19H,3-5,9-10,12,39H2,1-2H3,(H2,38,40)/t15-,18?/m1/s1. The van der Waals surface area contributed by atoms with Gasteiger partial charge in [0.25, 0.3) is 0 Å². The highest BCUT2D eigenvalue weighted by Gasteiger charge is 2.40. The molecule has 0 saturated heterocycles. The Balaban J connectivity index is 1.64. The van der Waals surface area contributed by atoms with Crippen molar-refractivity contribution in [3.05, 3.63) is 46.0 Å². The first kappa shape index (κ1) is 31.6. The zero-order valence-corrected chi connectivity index (χ0v) is 26.3. The normalized spacial score (nSPS) is 17.0. The van der Waals surface area contributed by atoms with E-state index < -0.39 is 36.4 Å². The van der Waals surface area contributed by atoms with Crippen LogP contribution >= 0.6 is 22.9 Å². The predicted octanol–water partition coefficient (Wildman–Crippen LogP) is 6.84. The van der Waals surface area contributed by atoms with Gasteiger partial charge in [0.1, 0.15) is 40.7 Å². The average Bonchev–Trinajstić information content (AvgIpc) is 3.28. The molecule has 0 bridgehead atoms. The summed E-state index contributed by atoms with van der Waals surface area (Å²) in [6.07, 6.45) is -0.888. The minimum atomic E-state index is -2.68. The molecule has 2 aromatic heterocycles. The molecule has 15 heteroatoms. The number of alkyl halides is 2. The number of likely N-dealkylation sites (N-methyl/N-ethyl adjacent to an activating group) is 1. The summed E-state index contributed by atoms with van der Waals surface area (Å²) < 4.78 is 72.1. The molecule has 6 rings (SSSR count). The summed E-state index contributed by atoms with van der Waals surface area (Å²) in [5.74, 6) is -2.03. The van der Waals surface area contributed by atoms with E-state index >= 15 is 4.39 Å². The summed E-state index contributed by atoms with van der Waals surface area (Å²) in [7, 11) is 0. The second-order valence-corrected chi connectivity index (χ2v) is 12.1. The Morgan fingerprint density at radius 1 is 1.22 bits per heavy atom. The Morgan fingerprint density at radius 3 is 2.67 bits per heavy atom. The van der Waals surface area contributed by atoms with Crippen LogP contribution in [0.5, 0.6) is 11.8 Å². The summed E-state index contributed by atoms with van der Waals surface area (Å²) >= 11 is 7.84. The van der Waals surface area contributed by atoms with E-state index in [0.717, 1.165) is 17.4 Å². The van der Waals surface area contributed by atoms with Crippen molar-refractivity contribution < 1.29 is 27.0 Å². The van der Waals surface area contributed by atoms with Gasteiger partial charge in [0.15, 0.2) is 11.6 Å². The van der Waals surface area contributed by atoms with Crippen molar-refractivity contribution in [3.63, 3.8) is 0 Å². The fourth-order valence-corrected chi connectivity index (χ4v) is 7.56.